The van der Waals surface area contributed by atoms with Crippen molar-refractivity contribution >= 4 is 9.84 Å². The minimum absolute atomic E-state index is 0.174. The molecule has 1 heterocycles. The van der Waals surface area contributed by atoms with Crippen molar-refractivity contribution in [3.05, 3.63) is 0 Å². The van der Waals surface area contributed by atoms with E-state index in [0.717, 1.165) is 19.3 Å². The summed E-state index contributed by atoms with van der Waals surface area (Å²) in [4.78, 5) is 0. The van der Waals surface area contributed by atoms with Gasteiger partial charge in [-0.15, -0.1) is 0 Å². The van der Waals surface area contributed by atoms with E-state index in [1.54, 1.807) is 0 Å². The molecule has 15 heavy (non-hydrogen) atoms. The highest BCUT2D eigenvalue weighted by molar-refractivity contribution is 7.91. The molecule has 1 N–H and O–H groups in total. The Bertz CT molecular complexity index is 287. The Labute approximate surface area is 93.6 Å². The maximum Gasteiger partial charge on any atom is 0.151 e. The van der Waals surface area contributed by atoms with Crippen LogP contribution in [0.2, 0.25) is 0 Å². The number of hydrogen-bond donors (Lipinski definition) is 1. The summed E-state index contributed by atoms with van der Waals surface area (Å²) in [6, 6.07) is 0.584. The first-order chi connectivity index (χ1) is 6.94. The fraction of sp³-hybridized carbons (Fsp3) is 1.00. The highest BCUT2D eigenvalue weighted by Gasteiger charge is 2.26. The second kappa shape index (κ2) is 5.30. The zero-order valence-electron chi connectivity index (χ0n) is 9.99. The lowest BCUT2D eigenvalue weighted by Crippen LogP contribution is -2.46. The van der Waals surface area contributed by atoms with Gasteiger partial charge in [0, 0.05) is 12.1 Å². The molecule has 1 saturated heterocycles. The largest absolute Gasteiger partial charge is 0.310 e. The van der Waals surface area contributed by atoms with Crippen LogP contribution in [0.4, 0.5) is 0 Å². The molecule has 1 rings (SSSR count). The van der Waals surface area contributed by atoms with Gasteiger partial charge in [0.05, 0.1) is 11.5 Å². The summed E-state index contributed by atoms with van der Waals surface area (Å²) in [5, 5.41) is 3.45. The molecule has 1 aliphatic heterocycles. The van der Waals surface area contributed by atoms with Crippen molar-refractivity contribution in [1.82, 2.24) is 5.32 Å². The average Bonchev–Trinajstić information content (AvgIpc) is 2.14. The number of sulfone groups is 1. The van der Waals surface area contributed by atoms with Crippen LogP contribution >= 0.6 is 0 Å². The normalized spacial score (nSPS) is 29.7. The van der Waals surface area contributed by atoms with Crippen molar-refractivity contribution in [1.29, 1.82) is 0 Å². The van der Waals surface area contributed by atoms with Crippen molar-refractivity contribution in [2.45, 2.75) is 52.1 Å². The van der Waals surface area contributed by atoms with E-state index in [1.165, 1.54) is 0 Å². The summed E-state index contributed by atoms with van der Waals surface area (Å²) >= 11 is 0. The molecule has 4 heteroatoms. The SMILES string of the molecule is CCC(C)C(C)NC1CCCS(=O)(=O)C1. The van der Waals surface area contributed by atoms with Gasteiger partial charge in [0.15, 0.2) is 9.84 Å². The molecule has 0 aromatic heterocycles. The number of rotatable bonds is 4. The van der Waals surface area contributed by atoms with Gasteiger partial charge in [0.2, 0.25) is 0 Å². The zero-order chi connectivity index (χ0) is 11.5. The smallest absolute Gasteiger partial charge is 0.151 e. The van der Waals surface area contributed by atoms with Gasteiger partial charge in [-0.05, 0) is 25.7 Å². The van der Waals surface area contributed by atoms with Crippen molar-refractivity contribution in [2.24, 2.45) is 5.92 Å². The van der Waals surface area contributed by atoms with Crippen molar-refractivity contribution in [3.63, 3.8) is 0 Å². The Morgan fingerprint density at radius 2 is 2.07 bits per heavy atom. The van der Waals surface area contributed by atoms with Gasteiger partial charge in [-0.3, -0.25) is 0 Å². The fourth-order valence-corrected chi connectivity index (χ4v) is 3.69. The summed E-state index contributed by atoms with van der Waals surface area (Å²) in [6.07, 6.45) is 2.95. The second-order valence-electron chi connectivity index (χ2n) is 4.79. The van der Waals surface area contributed by atoms with Gasteiger partial charge in [0.25, 0.3) is 0 Å². The third-order valence-electron chi connectivity index (χ3n) is 3.46. The van der Waals surface area contributed by atoms with Gasteiger partial charge in [-0.25, -0.2) is 8.42 Å². The van der Waals surface area contributed by atoms with Crippen LogP contribution in [-0.2, 0) is 9.84 Å². The van der Waals surface area contributed by atoms with E-state index < -0.39 is 9.84 Å². The van der Waals surface area contributed by atoms with Crippen LogP contribution in [0.3, 0.4) is 0 Å². The van der Waals surface area contributed by atoms with Gasteiger partial charge < -0.3 is 5.32 Å². The summed E-state index contributed by atoms with van der Waals surface area (Å²) in [6.45, 7) is 6.52. The maximum absolute atomic E-state index is 11.4. The molecule has 0 aromatic carbocycles. The monoisotopic (exact) mass is 233 g/mol. The van der Waals surface area contributed by atoms with Gasteiger partial charge in [-0.1, -0.05) is 20.3 Å². The van der Waals surface area contributed by atoms with Crippen LogP contribution in [0.15, 0.2) is 0 Å². The fourth-order valence-electron chi connectivity index (χ4n) is 2.04. The average molecular weight is 233 g/mol. The Balaban J connectivity index is 2.45. The van der Waals surface area contributed by atoms with Gasteiger partial charge in [0.1, 0.15) is 0 Å². The Hall–Kier alpha value is -0.0900. The molecule has 0 saturated carbocycles. The van der Waals surface area contributed by atoms with Crippen LogP contribution in [0.25, 0.3) is 0 Å². The van der Waals surface area contributed by atoms with E-state index in [2.05, 4.69) is 26.1 Å². The van der Waals surface area contributed by atoms with E-state index in [4.69, 9.17) is 0 Å². The minimum atomic E-state index is -2.77. The summed E-state index contributed by atoms with van der Waals surface area (Å²) in [5.41, 5.74) is 0. The van der Waals surface area contributed by atoms with Crippen LogP contribution in [-0.4, -0.2) is 32.0 Å². The lowest BCUT2D eigenvalue weighted by atomic mass is 9.99. The Kier molecular flexibility index (Phi) is 4.59. The maximum atomic E-state index is 11.4. The molecule has 0 amide bonds. The predicted molar refractivity (Wildman–Crippen MR) is 63.7 cm³/mol. The van der Waals surface area contributed by atoms with Crippen LogP contribution < -0.4 is 5.32 Å². The molecule has 0 radical (unpaired) electrons. The predicted octanol–water partition coefficient (Wildman–Crippen LogP) is 1.59. The van der Waals surface area contributed by atoms with Crippen molar-refractivity contribution in [3.8, 4) is 0 Å². The molecule has 0 bridgehead atoms. The quantitative estimate of drug-likeness (QED) is 0.802. The minimum Gasteiger partial charge on any atom is -0.310 e. The van der Waals surface area contributed by atoms with E-state index in [9.17, 15) is 8.42 Å². The summed E-state index contributed by atoms with van der Waals surface area (Å²) < 4.78 is 22.9. The molecule has 3 unspecified atom stereocenters. The van der Waals surface area contributed by atoms with E-state index in [1.807, 2.05) is 0 Å². The Morgan fingerprint density at radius 3 is 2.60 bits per heavy atom. The van der Waals surface area contributed by atoms with E-state index >= 15 is 0 Å². The summed E-state index contributed by atoms with van der Waals surface area (Å²) in [7, 11) is -2.77. The van der Waals surface area contributed by atoms with Crippen molar-refractivity contribution in [2.75, 3.05) is 11.5 Å². The lowest BCUT2D eigenvalue weighted by molar-refractivity contribution is 0.343. The van der Waals surface area contributed by atoms with Crippen molar-refractivity contribution < 1.29 is 8.42 Å². The molecule has 0 spiro atoms. The molecular formula is C11H23NO2S. The second-order valence-corrected chi connectivity index (χ2v) is 7.02. The third kappa shape index (κ3) is 4.11. The van der Waals surface area contributed by atoms with Crippen LogP contribution in [0, 0.1) is 5.92 Å². The number of nitrogens with one attached hydrogen (secondary N) is 1. The standard InChI is InChI=1S/C11H23NO2S/c1-4-9(2)10(3)12-11-6-5-7-15(13,14)8-11/h9-12H,4-8H2,1-3H3. The van der Waals surface area contributed by atoms with Gasteiger partial charge in [-0.2, -0.15) is 0 Å². The highest BCUT2D eigenvalue weighted by atomic mass is 32.2. The first-order valence-corrected chi connectivity index (χ1v) is 7.73. The van der Waals surface area contributed by atoms with E-state index in [-0.39, 0.29) is 6.04 Å². The third-order valence-corrected chi connectivity index (χ3v) is 5.28. The molecule has 3 nitrogen and oxygen atoms in total. The molecule has 90 valence electrons. The van der Waals surface area contributed by atoms with Crippen LogP contribution in [0.1, 0.15) is 40.0 Å². The number of hydrogen-bond acceptors (Lipinski definition) is 3. The molecular weight excluding hydrogens is 210 g/mol. The molecule has 0 aliphatic carbocycles. The molecule has 1 aliphatic rings. The first-order valence-electron chi connectivity index (χ1n) is 5.91. The molecule has 1 fully saturated rings. The highest BCUT2D eigenvalue weighted by Crippen LogP contribution is 2.15. The molecule has 3 atom stereocenters. The lowest BCUT2D eigenvalue weighted by Gasteiger charge is -2.29. The zero-order valence-corrected chi connectivity index (χ0v) is 10.8. The first kappa shape index (κ1) is 13.0. The van der Waals surface area contributed by atoms with Crippen LogP contribution in [0.5, 0.6) is 0 Å². The summed E-state index contributed by atoms with van der Waals surface area (Å²) in [5.74, 6) is 1.31. The van der Waals surface area contributed by atoms with E-state index in [0.29, 0.717) is 23.5 Å². The molecule has 0 aromatic rings. The topological polar surface area (TPSA) is 46.2 Å². The van der Waals surface area contributed by atoms with Gasteiger partial charge >= 0.3 is 0 Å². The Morgan fingerprint density at radius 1 is 1.40 bits per heavy atom.